The summed E-state index contributed by atoms with van der Waals surface area (Å²) < 4.78 is 16.0. The van der Waals surface area contributed by atoms with Crippen LogP contribution in [-0.4, -0.2) is 20.6 Å². The maximum absolute atomic E-state index is 14.2. The van der Waals surface area contributed by atoms with Crippen molar-refractivity contribution in [2.45, 2.75) is 25.7 Å². The fourth-order valence-electron chi connectivity index (χ4n) is 2.60. The molecule has 0 fully saturated rings. The zero-order chi connectivity index (χ0) is 14.1. The number of rotatable bonds is 2. The molecule has 1 aromatic heterocycles. The van der Waals surface area contributed by atoms with Crippen molar-refractivity contribution in [2.75, 3.05) is 0 Å². The fraction of sp³-hybridized carbons (Fsp3) is 0.286. The van der Waals surface area contributed by atoms with Gasteiger partial charge in [0.2, 0.25) is 0 Å². The third kappa shape index (κ3) is 2.03. The highest BCUT2D eigenvalue weighted by Crippen LogP contribution is 2.24. The van der Waals surface area contributed by atoms with Gasteiger partial charge in [-0.15, -0.1) is 0 Å². The van der Waals surface area contributed by atoms with Crippen LogP contribution < -0.4 is 5.73 Å². The smallest absolute Gasteiger partial charge is 0.170 e. The van der Waals surface area contributed by atoms with E-state index in [1.807, 2.05) is 0 Å². The molecule has 0 unspecified atom stereocenters. The molecule has 1 heterocycles. The third-order valence-corrected chi connectivity index (χ3v) is 3.64. The van der Waals surface area contributed by atoms with Gasteiger partial charge < -0.3 is 15.5 Å². The van der Waals surface area contributed by atoms with Crippen LogP contribution in [-0.2, 0) is 12.8 Å². The lowest BCUT2D eigenvalue weighted by Gasteiger charge is -2.14. The minimum absolute atomic E-state index is 0.108. The molecule has 0 saturated heterocycles. The summed E-state index contributed by atoms with van der Waals surface area (Å²) >= 11 is 0. The number of halogens is 1. The number of amidine groups is 1. The zero-order valence-corrected chi connectivity index (χ0v) is 10.9. The lowest BCUT2D eigenvalue weighted by Crippen LogP contribution is -2.14. The van der Waals surface area contributed by atoms with E-state index >= 15 is 0 Å². The molecule has 0 bridgehead atoms. The Morgan fingerprint density at radius 1 is 1.35 bits per heavy atom. The molecule has 6 heteroatoms. The van der Waals surface area contributed by atoms with Gasteiger partial charge in [-0.25, -0.2) is 9.37 Å². The summed E-state index contributed by atoms with van der Waals surface area (Å²) in [6.07, 6.45) is 5.76. The van der Waals surface area contributed by atoms with Gasteiger partial charge in [-0.05, 0) is 43.9 Å². The van der Waals surface area contributed by atoms with Crippen molar-refractivity contribution in [3.05, 3.63) is 47.3 Å². The topological polar surface area (TPSA) is 76.4 Å². The molecule has 0 spiro atoms. The molecule has 0 amide bonds. The molecule has 0 atom stereocenters. The highest BCUT2D eigenvalue weighted by atomic mass is 19.1. The van der Waals surface area contributed by atoms with Crippen molar-refractivity contribution in [1.82, 2.24) is 9.55 Å². The van der Waals surface area contributed by atoms with E-state index in [9.17, 15) is 4.39 Å². The Labute approximate surface area is 115 Å². The Balaban J connectivity index is 2.05. The summed E-state index contributed by atoms with van der Waals surface area (Å²) in [6.45, 7) is 0. The number of aryl methyl sites for hydroxylation is 1. The number of imidazole rings is 1. The predicted octanol–water partition coefficient (Wildman–Crippen LogP) is 1.98. The zero-order valence-electron chi connectivity index (χ0n) is 10.9. The molecule has 0 radical (unpaired) electrons. The lowest BCUT2D eigenvalue weighted by atomic mass is 10.0. The Hall–Kier alpha value is -2.37. The van der Waals surface area contributed by atoms with Crippen LogP contribution in [0.25, 0.3) is 5.69 Å². The number of benzene rings is 1. The standard InChI is InChI=1S/C14H15FN4O/c15-10-7-9(14(16)18-20)5-6-12(10)19-8-17-11-3-1-2-4-13(11)19/h5-8,20H,1-4H2,(H2,16,18). The Kier molecular flexibility index (Phi) is 3.14. The third-order valence-electron chi connectivity index (χ3n) is 3.64. The molecule has 104 valence electrons. The van der Waals surface area contributed by atoms with Crippen LogP contribution in [0.15, 0.2) is 29.7 Å². The number of hydrogen-bond donors (Lipinski definition) is 2. The fourth-order valence-corrected chi connectivity index (χ4v) is 2.60. The minimum atomic E-state index is -0.417. The minimum Gasteiger partial charge on any atom is -0.409 e. The molecule has 2 aromatic rings. The molecule has 3 N–H and O–H groups in total. The summed E-state index contributed by atoms with van der Waals surface area (Å²) in [7, 11) is 0. The van der Waals surface area contributed by atoms with Crippen molar-refractivity contribution in [1.29, 1.82) is 0 Å². The molecular weight excluding hydrogens is 259 g/mol. The lowest BCUT2D eigenvalue weighted by molar-refractivity contribution is 0.318. The second-order valence-corrected chi connectivity index (χ2v) is 4.87. The molecular formula is C14H15FN4O. The molecule has 3 rings (SSSR count). The predicted molar refractivity (Wildman–Crippen MR) is 72.7 cm³/mol. The van der Waals surface area contributed by atoms with Gasteiger partial charge >= 0.3 is 0 Å². The van der Waals surface area contributed by atoms with Crippen LogP contribution in [0.3, 0.4) is 0 Å². The van der Waals surface area contributed by atoms with Crippen LogP contribution in [0, 0.1) is 5.82 Å². The molecule has 1 aliphatic rings. The average molecular weight is 274 g/mol. The first-order chi connectivity index (χ1) is 9.70. The first-order valence-electron chi connectivity index (χ1n) is 6.53. The van der Waals surface area contributed by atoms with Crippen molar-refractivity contribution >= 4 is 5.84 Å². The van der Waals surface area contributed by atoms with E-state index in [1.165, 1.54) is 6.07 Å². The summed E-state index contributed by atoms with van der Waals surface area (Å²) in [5, 5.41) is 11.5. The molecule has 5 nitrogen and oxygen atoms in total. The second-order valence-electron chi connectivity index (χ2n) is 4.87. The Morgan fingerprint density at radius 3 is 2.90 bits per heavy atom. The first-order valence-corrected chi connectivity index (χ1v) is 6.53. The van der Waals surface area contributed by atoms with Gasteiger partial charge in [-0.3, -0.25) is 0 Å². The van der Waals surface area contributed by atoms with Gasteiger partial charge in [0.1, 0.15) is 5.82 Å². The molecule has 1 aromatic carbocycles. The van der Waals surface area contributed by atoms with Gasteiger partial charge in [0.15, 0.2) is 5.84 Å². The molecule has 1 aliphatic carbocycles. The van der Waals surface area contributed by atoms with Crippen molar-refractivity contribution < 1.29 is 9.60 Å². The van der Waals surface area contributed by atoms with Crippen LogP contribution in [0.4, 0.5) is 4.39 Å². The Bertz CT molecular complexity index is 678. The number of nitrogens with zero attached hydrogens (tertiary/aromatic N) is 3. The summed E-state index contributed by atoms with van der Waals surface area (Å²) in [5.41, 5.74) is 8.37. The van der Waals surface area contributed by atoms with E-state index in [0.29, 0.717) is 11.3 Å². The highest BCUT2D eigenvalue weighted by molar-refractivity contribution is 5.97. The molecule has 0 aliphatic heterocycles. The van der Waals surface area contributed by atoms with E-state index in [2.05, 4.69) is 10.1 Å². The van der Waals surface area contributed by atoms with E-state index in [-0.39, 0.29) is 5.84 Å². The van der Waals surface area contributed by atoms with Crippen LogP contribution in [0.2, 0.25) is 0 Å². The van der Waals surface area contributed by atoms with E-state index in [0.717, 1.165) is 37.1 Å². The van der Waals surface area contributed by atoms with E-state index in [4.69, 9.17) is 10.9 Å². The number of nitrogens with two attached hydrogens (primary N) is 1. The average Bonchev–Trinajstić information content (AvgIpc) is 2.90. The summed E-state index contributed by atoms with van der Waals surface area (Å²) in [6, 6.07) is 4.52. The first kappa shape index (κ1) is 12.7. The van der Waals surface area contributed by atoms with Crippen molar-refractivity contribution in [3.8, 4) is 5.69 Å². The van der Waals surface area contributed by atoms with Gasteiger partial charge in [-0.2, -0.15) is 0 Å². The second kappa shape index (κ2) is 4.96. The number of aromatic nitrogens is 2. The number of oxime groups is 1. The van der Waals surface area contributed by atoms with Crippen LogP contribution in [0.1, 0.15) is 29.8 Å². The number of hydrogen-bond acceptors (Lipinski definition) is 3. The largest absolute Gasteiger partial charge is 0.409 e. The number of fused-ring (bicyclic) bond motifs is 1. The van der Waals surface area contributed by atoms with Gasteiger partial charge in [0.25, 0.3) is 0 Å². The van der Waals surface area contributed by atoms with Gasteiger partial charge in [0.05, 0.1) is 17.7 Å². The van der Waals surface area contributed by atoms with E-state index < -0.39 is 5.82 Å². The van der Waals surface area contributed by atoms with Crippen molar-refractivity contribution in [2.24, 2.45) is 10.9 Å². The normalized spacial score (nSPS) is 15.2. The van der Waals surface area contributed by atoms with Crippen molar-refractivity contribution in [3.63, 3.8) is 0 Å². The van der Waals surface area contributed by atoms with Crippen LogP contribution >= 0.6 is 0 Å². The maximum Gasteiger partial charge on any atom is 0.170 e. The molecule has 20 heavy (non-hydrogen) atoms. The van der Waals surface area contributed by atoms with Gasteiger partial charge in [0, 0.05) is 11.3 Å². The summed E-state index contributed by atoms with van der Waals surface area (Å²) in [5.74, 6) is -0.525. The highest BCUT2D eigenvalue weighted by Gasteiger charge is 2.18. The van der Waals surface area contributed by atoms with Gasteiger partial charge in [-0.1, -0.05) is 5.16 Å². The monoisotopic (exact) mass is 274 g/mol. The quantitative estimate of drug-likeness (QED) is 0.380. The van der Waals surface area contributed by atoms with E-state index in [1.54, 1.807) is 23.0 Å². The molecule has 0 saturated carbocycles. The maximum atomic E-state index is 14.2. The van der Waals surface area contributed by atoms with Crippen LogP contribution in [0.5, 0.6) is 0 Å². The summed E-state index contributed by atoms with van der Waals surface area (Å²) in [4.78, 5) is 4.36. The Morgan fingerprint density at radius 2 is 2.15 bits per heavy atom. The SMILES string of the molecule is N/C(=N/O)c1ccc(-n2cnc3c2CCCC3)c(F)c1.